The van der Waals surface area contributed by atoms with Crippen molar-refractivity contribution in [2.24, 2.45) is 0 Å². The molecule has 7 heteroatoms. The molecule has 0 radical (unpaired) electrons. The van der Waals surface area contributed by atoms with Crippen LogP contribution in [0, 0.1) is 0 Å². The Labute approximate surface area is 155 Å². The number of thioether (sulfide) groups is 1. The fourth-order valence-corrected chi connectivity index (χ4v) is 3.42. The maximum absolute atomic E-state index is 11.6. The van der Waals surface area contributed by atoms with Crippen molar-refractivity contribution in [3.05, 3.63) is 59.7 Å². The molecule has 2 N–H and O–H groups in total. The standard InChI is InChI=1S/C19H19NO5S/c1-24-14-8-4-13(5-9-14)16(21)11-25-15-6-2-12(3-7-15)10-17-18(22)20-19(23)26-17/h2-9,16-17,21H,10-11H2,1H3,(H,20,22,23). The third-order valence-corrected chi connectivity index (χ3v) is 5.00. The Hall–Kier alpha value is -2.51. The van der Waals surface area contributed by atoms with E-state index in [1.54, 1.807) is 43.5 Å². The molecule has 1 fully saturated rings. The van der Waals surface area contributed by atoms with Crippen molar-refractivity contribution in [2.45, 2.75) is 17.8 Å². The zero-order valence-electron chi connectivity index (χ0n) is 14.2. The summed E-state index contributed by atoms with van der Waals surface area (Å²) in [6.07, 6.45) is -0.262. The highest BCUT2D eigenvalue weighted by atomic mass is 32.2. The Morgan fingerprint density at radius 2 is 1.73 bits per heavy atom. The van der Waals surface area contributed by atoms with Gasteiger partial charge in [0, 0.05) is 0 Å². The van der Waals surface area contributed by atoms with Crippen LogP contribution >= 0.6 is 11.8 Å². The van der Waals surface area contributed by atoms with Gasteiger partial charge in [-0.25, -0.2) is 0 Å². The minimum absolute atomic E-state index is 0.126. The Bertz CT molecular complexity index is 776. The van der Waals surface area contributed by atoms with E-state index in [9.17, 15) is 14.7 Å². The van der Waals surface area contributed by atoms with Gasteiger partial charge in [0.2, 0.25) is 5.91 Å². The van der Waals surface area contributed by atoms with Gasteiger partial charge in [0.15, 0.2) is 0 Å². The van der Waals surface area contributed by atoms with Gasteiger partial charge in [0.1, 0.15) is 24.2 Å². The number of carbonyl (C=O) groups is 2. The van der Waals surface area contributed by atoms with Crippen LogP contribution in [0.4, 0.5) is 4.79 Å². The number of benzene rings is 2. The molecule has 1 aliphatic rings. The molecule has 0 spiro atoms. The van der Waals surface area contributed by atoms with Crippen molar-refractivity contribution in [2.75, 3.05) is 13.7 Å². The molecule has 136 valence electrons. The molecule has 1 saturated heterocycles. The van der Waals surface area contributed by atoms with Crippen molar-refractivity contribution in [1.82, 2.24) is 5.32 Å². The number of methoxy groups -OCH3 is 1. The van der Waals surface area contributed by atoms with Gasteiger partial charge in [-0.15, -0.1) is 0 Å². The molecule has 2 aromatic rings. The summed E-state index contributed by atoms with van der Waals surface area (Å²) in [5, 5.41) is 11.8. The van der Waals surface area contributed by atoms with Crippen molar-refractivity contribution < 1.29 is 24.2 Å². The number of nitrogens with one attached hydrogen (secondary N) is 1. The average molecular weight is 373 g/mol. The predicted molar refractivity (Wildman–Crippen MR) is 98.5 cm³/mol. The number of ether oxygens (including phenoxy) is 2. The van der Waals surface area contributed by atoms with Crippen LogP contribution < -0.4 is 14.8 Å². The molecule has 2 atom stereocenters. The van der Waals surface area contributed by atoms with E-state index in [4.69, 9.17) is 9.47 Å². The molecule has 26 heavy (non-hydrogen) atoms. The highest BCUT2D eigenvalue weighted by Gasteiger charge is 2.31. The highest BCUT2D eigenvalue weighted by molar-refractivity contribution is 8.15. The van der Waals surface area contributed by atoms with Gasteiger partial charge in [-0.3, -0.25) is 14.9 Å². The lowest BCUT2D eigenvalue weighted by Crippen LogP contribution is -2.25. The third-order valence-electron chi connectivity index (χ3n) is 4.02. The lowest BCUT2D eigenvalue weighted by Gasteiger charge is -2.13. The van der Waals surface area contributed by atoms with Crippen LogP contribution in [0.2, 0.25) is 0 Å². The van der Waals surface area contributed by atoms with Gasteiger partial charge in [0.05, 0.1) is 12.4 Å². The normalized spacial score (nSPS) is 17.7. The fourth-order valence-electron chi connectivity index (χ4n) is 2.56. The van der Waals surface area contributed by atoms with Crippen molar-refractivity contribution in [1.29, 1.82) is 0 Å². The molecule has 0 aliphatic carbocycles. The molecule has 1 heterocycles. The zero-order valence-corrected chi connectivity index (χ0v) is 15.0. The molecule has 6 nitrogen and oxygen atoms in total. The van der Waals surface area contributed by atoms with E-state index in [1.165, 1.54) is 0 Å². The van der Waals surface area contributed by atoms with Gasteiger partial charge in [-0.1, -0.05) is 36.0 Å². The van der Waals surface area contributed by atoms with Crippen LogP contribution in [0.5, 0.6) is 11.5 Å². The molecule has 0 bridgehead atoms. The lowest BCUT2D eigenvalue weighted by molar-refractivity contribution is -0.118. The molecular formula is C19H19NO5S. The number of aliphatic hydroxyl groups excluding tert-OH is 1. The first kappa shape index (κ1) is 18.3. The Balaban J connectivity index is 1.52. The molecule has 2 amide bonds. The van der Waals surface area contributed by atoms with Gasteiger partial charge >= 0.3 is 0 Å². The maximum atomic E-state index is 11.6. The fraction of sp³-hybridized carbons (Fsp3) is 0.263. The van der Waals surface area contributed by atoms with Gasteiger partial charge in [-0.2, -0.15) is 0 Å². The molecule has 0 saturated carbocycles. The number of hydrogen-bond donors (Lipinski definition) is 2. The van der Waals surface area contributed by atoms with Crippen molar-refractivity contribution >= 4 is 22.9 Å². The van der Waals surface area contributed by atoms with Crippen LogP contribution in [-0.4, -0.2) is 35.2 Å². The molecule has 0 aromatic heterocycles. The van der Waals surface area contributed by atoms with E-state index in [0.717, 1.165) is 28.6 Å². The average Bonchev–Trinajstić information content (AvgIpc) is 2.98. The molecule has 2 aromatic carbocycles. The van der Waals surface area contributed by atoms with E-state index >= 15 is 0 Å². The van der Waals surface area contributed by atoms with Crippen LogP contribution in [0.1, 0.15) is 17.2 Å². The second-order valence-corrected chi connectivity index (χ2v) is 7.01. The molecule has 1 aliphatic heterocycles. The van der Waals surface area contributed by atoms with Gasteiger partial charge in [0.25, 0.3) is 5.24 Å². The number of aliphatic hydroxyl groups is 1. The summed E-state index contributed by atoms with van der Waals surface area (Å²) in [4.78, 5) is 22.8. The first-order valence-corrected chi connectivity index (χ1v) is 8.98. The Morgan fingerprint density at radius 3 is 2.31 bits per heavy atom. The summed E-state index contributed by atoms with van der Waals surface area (Å²) in [7, 11) is 1.59. The Kier molecular flexibility index (Phi) is 5.80. The summed E-state index contributed by atoms with van der Waals surface area (Å²) in [5.74, 6) is 1.11. The van der Waals surface area contributed by atoms with Crippen LogP contribution in [0.3, 0.4) is 0 Å². The monoisotopic (exact) mass is 373 g/mol. The van der Waals surface area contributed by atoms with Crippen molar-refractivity contribution in [3.63, 3.8) is 0 Å². The predicted octanol–water partition coefficient (Wildman–Crippen LogP) is 2.70. The first-order chi connectivity index (χ1) is 12.5. The largest absolute Gasteiger partial charge is 0.497 e. The van der Waals surface area contributed by atoms with E-state index in [2.05, 4.69) is 5.32 Å². The summed E-state index contributed by atoms with van der Waals surface area (Å²) in [5.41, 5.74) is 1.69. The quantitative estimate of drug-likeness (QED) is 0.776. The third kappa shape index (κ3) is 4.56. The summed E-state index contributed by atoms with van der Waals surface area (Å²) in [6.45, 7) is 0.126. The summed E-state index contributed by atoms with van der Waals surface area (Å²) >= 11 is 1.01. The minimum atomic E-state index is -0.745. The van der Waals surface area contributed by atoms with E-state index in [-0.39, 0.29) is 23.0 Å². The summed E-state index contributed by atoms with van der Waals surface area (Å²) in [6, 6.07) is 14.4. The van der Waals surface area contributed by atoms with Crippen molar-refractivity contribution in [3.8, 4) is 11.5 Å². The maximum Gasteiger partial charge on any atom is 0.286 e. The molecule has 2 unspecified atom stereocenters. The van der Waals surface area contributed by atoms with Crippen LogP contribution in [0.15, 0.2) is 48.5 Å². The highest BCUT2D eigenvalue weighted by Crippen LogP contribution is 2.24. The molecule has 3 rings (SSSR count). The number of hydrogen-bond acceptors (Lipinski definition) is 6. The number of rotatable bonds is 7. The van der Waals surface area contributed by atoms with Crippen LogP contribution in [0.25, 0.3) is 0 Å². The van der Waals surface area contributed by atoms with Gasteiger partial charge < -0.3 is 14.6 Å². The van der Waals surface area contributed by atoms with Gasteiger partial charge in [-0.05, 0) is 41.8 Å². The first-order valence-electron chi connectivity index (χ1n) is 8.10. The topological polar surface area (TPSA) is 84.9 Å². The second kappa shape index (κ2) is 8.25. The molecular weight excluding hydrogens is 354 g/mol. The SMILES string of the molecule is COc1ccc(C(O)COc2ccc(CC3SC(=O)NC3=O)cc2)cc1. The zero-order chi connectivity index (χ0) is 18.5. The minimum Gasteiger partial charge on any atom is -0.497 e. The summed E-state index contributed by atoms with van der Waals surface area (Å²) < 4.78 is 10.7. The Morgan fingerprint density at radius 1 is 1.08 bits per heavy atom. The smallest absolute Gasteiger partial charge is 0.286 e. The number of carbonyl (C=O) groups excluding carboxylic acids is 2. The number of imide groups is 1. The van der Waals surface area contributed by atoms with E-state index in [0.29, 0.717) is 12.2 Å². The van der Waals surface area contributed by atoms with E-state index < -0.39 is 6.10 Å². The lowest BCUT2D eigenvalue weighted by atomic mass is 10.1. The second-order valence-electron chi connectivity index (χ2n) is 5.83. The van der Waals surface area contributed by atoms with Crippen LogP contribution in [-0.2, 0) is 11.2 Å². The van der Waals surface area contributed by atoms with E-state index in [1.807, 2.05) is 12.1 Å². The number of amides is 2.